The lowest BCUT2D eigenvalue weighted by Gasteiger charge is -2.10. The molecule has 0 atom stereocenters. The number of nitrogens with one attached hydrogen (secondary N) is 1. The van der Waals surface area contributed by atoms with Gasteiger partial charge in [-0.3, -0.25) is 4.79 Å². The molecule has 0 radical (unpaired) electrons. The zero-order valence-corrected chi connectivity index (χ0v) is 17.0. The van der Waals surface area contributed by atoms with Crippen LogP contribution in [-0.4, -0.2) is 25.7 Å². The van der Waals surface area contributed by atoms with Crippen molar-refractivity contribution in [3.05, 3.63) is 76.2 Å². The van der Waals surface area contributed by atoms with Crippen molar-refractivity contribution in [2.45, 2.75) is 13.1 Å². The number of hydrogen-bond acceptors (Lipinski definition) is 4. The lowest BCUT2D eigenvalue weighted by atomic mass is 10.1. The average molecular weight is 476 g/mol. The first kappa shape index (κ1) is 20.0. The number of halogens is 4. The first-order chi connectivity index (χ1) is 14.2. The second kappa shape index (κ2) is 7.52. The molecule has 4 rings (SSSR count). The fourth-order valence-corrected chi connectivity index (χ4v) is 3.22. The summed E-state index contributed by atoms with van der Waals surface area (Å²) in [7, 11) is 0. The van der Waals surface area contributed by atoms with Gasteiger partial charge in [-0.2, -0.15) is 18.3 Å². The second-order valence-electron chi connectivity index (χ2n) is 6.47. The smallest absolute Gasteiger partial charge is 0.321 e. The number of hydrogen-bond donors (Lipinski definition) is 1. The average Bonchev–Trinajstić information content (AvgIpc) is 3.13. The van der Waals surface area contributed by atoms with E-state index in [1.54, 1.807) is 13.1 Å². The van der Waals surface area contributed by atoms with Gasteiger partial charge in [-0.05, 0) is 42.8 Å². The monoisotopic (exact) mass is 475 g/mol. The zero-order chi connectivity index (χ0) is 21.5. The van der Waals surface area contributed by atoms with Crippen molar-refractivity contribution in [2.24, 2.45) is 0 Å². The van der Waals surface area contributed by atoms with Crippen LogP contribution in [0, 0.1) is 6.92 Å². The summed E-state index contributed by atoms with van der Waals surface area (Å²) >= 11 is 3.38. The van der Waals surface area contributed by atoms with E-state index in [0.29, 0.717) is 11.3 Å². The molecule has 4 aromatic rings. The van der Waals surface area contributed by atoms with Gasteiger partial charge in [-0.25, -0.2) is 4.52 Å². The number of nitrogens with zero attached hydrogens (tertiary/aromatic N) is 4. The fourth-order valence-electron chi connectivity index (χ4n) is 2.96. The van der Waals surface area contributed by atoms with Crippen LogP contribution in [0.15, 0.2) is 59.2 Å². The fraction of sp³-hybridized carbons (Fsp3) is 0.100. The quantitative estimate of drug-likeness (QED) is 0.445. The summed E-state index contributed by atoms with van der Waals surface area (Å²) in [5.74, 6) is -0.679. The molecular formula is C20H13BrF3N5O. The summed E-state index contributed by atoms with van der Waals surface area (Å²) in [6, 6.07) is 11.9. The van der Waals surface area contributed by atoms with Crippen LogP contribution >= 0.6 is 15.9 Å². The van der Waals surface area contributed by atoms with Crippen molar-refractivity contribution < 1.29 is 18.0 Å². The SMILES string of the molecule is Cc1c(C(=O)Nc2cccc(C(F)(F)F)c2)nnc2c(-c3ccc(Br)cc3)cnn12. The number of aryl methyl sites for hydroxylation is 1. The van der Waals surface area contributed by atoms with Crippen LogP contribution in [0.25, 0.3) is 16.8 Å². The Morgan fingerprint density at radius 1 is 1.10 bits per heavy atom. The van der Waals surface area contributed by atoms with Crippen LogP contribution in [0.3, 0.4) is 0 Å². The van der Waals surface area contributed by atoms with Gasteiger partial charge < -0.3 is 5.32 Å². The molecule has 2 aromatic heterocycles. The third-order valence-electron chi connectivity index (χ3n) is 4.47. The Labute approximate surface area is 176 Å². The Morgan fingerprint density at radius 3 is 2.53 bits per heavy atom. The van der Waals surface area contributed by atoms with Crippen LogP contribution in [0.5, 0.6) is 0 Å². The molecule has 0 spiro atoms. The summed E-state index contributed by atoms with van der Waals surface area (Å²) in [5, 5.41) is 14.8. The normalized spacial score (nSPS) is 11.6. The highest BCUT2D eigenvalue weighted by molar-refractivity contribution is 9.10. The topological polar surface area (TPSA) is 72.2 Å². The standard InChI is InChI=1S/C20H13BrF3N5O/c1-11-17(19(30)26-15-4-2-3-13(9-15)20(22,23)24)27-28-18-16(10-25-29(11)18)12-5-7-14(21)8-6-12/h2-10H,1H3,(H,26,30). The van der Waals surface area contributed by atoms with Crippen molar-refractivity contribution in [2.75, 3.05) is 5.32 Å². The van der Waals surface area contributed by atoms with E-state index in [4.69, 9.17) is 0 Å². The van der Waals surface area contributed by atoms with E-state index in [1.165, 1.54) is 16.6 Å². The van der Waals surface area contributed by atoms with E-state index in [1.807, 2.05) is 24.3 Å². The van der Waals surface area contributed by atoms with Gasteiger partial charge in [-0.1, -0.05) is 34.1 Å². The van der Waals surface area contributed by atoms with Crippen LogP contribution in [-0.2, 0) is 6.18 Å². The minimum atomic E-state index is -4.51. The third kappa shape index (κ3) is 3.78. The van der Waals surface area contributed by atoms with Crippen LogP contribution in [0.1, 0.15) is 21.7 Å². The van der Waals surface area contributed by atoms with Crippen LogP contribution in [0.4, 0.5) is 18.9 Å². The summed E-state index contributed by atoms with van der Waals surface area (Å²) in [4.78, 5) is 12.6. The minimum absolute atomic E-state index is 0.00661. The van der Waals surface area contributed by atoms with E-state index >= 15 is 0 Å². The summed E-state index contributed by atoms with van der Waals surface area (Å²) in [5.41, 5.74) is 1.60. The zero-order valence-electron chi connectivity index (χ0n) is 15.4. The maximum atomic E-state index is 12.9. The Morgan fingerprint density at radius 2 is 1.83 bits per heavy atom. The lowest BCUT2D eigenvalue weighted by Crippen LogP contribution is -2.19. The number of carbonyl (C=O) groups is 1. The molecule has 0 saturated heterocycles. The Kier molecular flexibility index (Phi) is 5.02. The highest BCUT2D eigenvalue weighted by Gasteiger charge is 2.30. The van der Waals surface area contributed by atoms with E-state index in [9.17, 15) is 18.0 Å². The maximum absolute atomic E-state index is 12.9. The van der Waals surface area contributed by atoms with Gasteiger partial charge in [0.15, 0.2) is 11.3 Å². The van der Waals surface area contributed by atoms with E-state index in [0.717, 1.165) is 27.7 Å². The Hall–Kier alpha value is -3.27. The summed E-state index contributed by atoms with van der Waals surface area (Å²) < 4.78 is 41.1. The highest BCUT2D eigenvalue weighted by atomic mass is 79.9. The number of alkyl halides is 3. The molecule has 0 aliphatic carbocycles. The number of amides is 1. The molecule has 0 saturated carbocycles. The minimum Gasteiger partial charge on any atom is -0.321 e. The summed E-state index contributed by atoms with van der Waals surface area (Å²) in [6.07, 6.45) is -2.89. The predicted octanol–water partition coefficient (Wildman–Crippen LogP) is 5.13. The molecular weight excluding hydrogens is 463 g/mol. The molecule has 1 N–H and O–H groups in total. The Bertz CT molecular complexity index is 1250. The van der Waals surface area contributed by atoms with Crippen molar-refractivity contribution in [1.29, 1.82) is 0 Å². The number of carbonyl (C=O) groups excluding carboxylic acids is 1. The van der Waals surface area contributed by atoms with Crippen LogP contribution < -0.4 is 5.32 Å². The van der Waals surface area contributed by atoms with Gasteiger partial charge in [0.1, 0.15) is 0 Å². The van der Waals surface area contributed by atoms with Gasteiger partial charge in [0.05, 0.1) is 17.5 Å². The van der Waals surface area contributed by atoms with E-state index < -0.39 is 17.6 Å². The number of fused-ring (bicyclic) bond motifs is 1. The first-order valence-electron chi connectivity index (χ1n) is 8.69. The molecule has 0 aliphatic heterocycles. The maximum Gasteiger partial charge on any atom is 0.416 e. The molecule has 10 heteroatoms. The van der Waals surface area contributed by atoms with Crippen molar-refractivity contribution in [1.82, 2.24) is 19.8 Å². The van der Waals surface area contributed by atoms with E-state index in [-0.39, 0.29) is 11.4 Å². The molecule has 30 heavy (non-hydrogen) atoms. The van der Waals surface area contributed by atoms with Gasteiger partial charge in [0, 0.05) is 15.7 Å². The molecule has 1 amide bonds. The third-order valence-corrected chi connectivity index (χ3v) is 5.00. The number of aromatic nitrogens is 4. The molecule has 2 aromatic carbocycles. The van der Waals surface area contributed by atoms with Crippen molar-refractivity contribution in [3.8, 4) is 11.1 Å². The second-order valence-corrected chi connectivity index (χ2v) is 7.38. The molecule has 0 unspecified atom stereocenters. The van der Waals surface area contributed by atoms with Gasteiger partial charge in [-0.15, -0.1) is 10.2 Å². The van der Waals surface area contributed by atoms with Gasteiger partial charge in [0.25, 0.3) is 5.91 Å². The predicted molar refractivity (Wildman–Crippen MR) is 108 cm³/mol. The largest absolute Gasteiger partial charge is 0.416 e. The van der Waals surface area contributed by atoms with Gasteiger partial charge >= 0.3 is 6.18 Å². The number of benzene rings is 2. The van der Waals surface area contributed by atoms with Crippen molar-refractivity contribution in [3.63, 3.8) is 0 Å². The lowest BCUT2D eigenvalue weighted by molar-refractivity contribution is -0.137. The van der Waals surface area contributed by atoms with Crippen molar-refractivity contribution >= 4 is 33.2 Å². The number of anilines is 1. The molecule has 0 bridgehead atoms. The molecule has 0 fully saturated rings. The van der Waals surface area contributed by atoms with E-state index in [2.05, 4.69) is 36.5 Å². The van der Waals surface area contributed by atoms with Crippen LogP contribution in [0.2, 0.25) is 0 Å². The summed E-state index contributed by atoms with van der Waals surface area (Å²) in [6.45, 7) is 1.64. The molecule has 2 heterocycles. The highest BCUT2D eigenvalue weighted by Crippen LogP contribution is 2.31. The number of rotatable bonds is 3. The molecule has 6 nitrogen and oxygen atoms in total. The first-order valence-corrected chi connectivity index (χ1v) is 9.49. The van der Waals surface area contributed by atoms with Gasteiger partial charge in [0.2, 0.25) is 0 Å². The Balaban J connectivity index is 1.66. The molecule has 0 aliphatic rings. The molecule has 152 valence electrons.